The Kier molecular flexibility index (Phi) is 27.7. The molecule has 102 heavy (non-hydrogen) atoms. The first-order valence-electron chi connectivity index (χ1n) is 29.0. The van der Waals surface area contributed by atoms with E-state index in [-0.39, 0.29) is 73.7 Å². The van der Waals surface area contributed by atoms with Gasteiger partial charge in [0.1, 0.15) is 50.3 Å². The molecule has 25 nitrogen and oxygen atoms in total. The van der Waals surface area contributed by atoms with E-state index in [1.807, 2.05) is 0 Å². The lowest BCUT2D eigenvalue weighted by atomic mass is 10.2. The number of ether oxygens (including phenoxy) is 1. The van der Waals surface area contributed by atoms with E-state index in [1.165, 1.54) is 69.6 Å². The zero-order chi connectivity index (χ0) is 75.3. The van der Waals surface area contributed by atoms with Crippen molar-refractivity contribution in [2.75, 3.05) is 60.7 Å². The summed E-state index contributed by atoms with van der Waals surface area (Å²) in [5.74, 6) is -9.55. The molecule has 0 aromatic carbocycles. The Hall–Kier alpha value is -11.5. The van der Waals surface area contributed by atoms with Gasteiger partial charge in [0.2, 0.25) is 41.4 Å². The molecule has 1 aliphatic rings. The van der Waals surface area contributed by atoms with Gasteiger partial charge in [-0.15, -0.1) is 0 Å². The molecule has 9 rings (SSSR count). The minimum absolute atomic E-state index is 0. The fourth-order valence-corrected chi connectivity index (χ4v) is 8.13. The fourth-order valence-electron chi connectivity index (χ4n) is 8.13. The first kappa shape index (κ1) is 79.5. The smallest absolute Gasteiger partial charge is 0.405 e. The quantitative estimate of drug-likeness (QED) is 0.0275. The summed E-state index contributed by atoms with van der Waals surface area (Å²) < 4.78 is 233. The van der Waals surface area contributed by atoms with E-state index in [4.69, 9.17) is 4.74 Å². The van der Waals surface area contributed by atoms with Crippen molar-refractivity contribution in [3.05, 3.63) is 139 Å². The van der Waals surface area contributed by atoms with Crippen LogP contribution in [-0.4, -0.2) is 172 Å². The van der Waals surface area contributed by atoms with Crippen LogP contribution in [0, 0.1) is 35.2 Å². The average molecular weight is 1480 g/mol. The number of anilines is 4. The second-order valence-electron chi connectivity index (χ2n) is 20.9. The predicted molar refractivity (Wildman–Crippen MR) is 336 cm³/mol. The number of carbonyl (C=O) groups excluding carboxylic acids is 4. The maximum Gasteiger partial charge on any atom is 0.405 e. The van der Waals surface area contributed by atoms with Gasteiger partial charge in [-0.25, -0.2) is 72.4 Å². The van der Waals surface area contributed by atoms with Gasteiger partial charge < -0.3 is 46.9 Å². The molecule has 4 atom stereocenters. The van der Waals surface area contributed by atoms with Crippen LogP contribution in [0.2, 0.25) is 0 Å². The molecule has 43 heteroatoms. The summed E-state index contributed by atoms with van der Waals surface area (Å²) >= 11 is 0. The van der Waals surface area contributed by atoms with Crippen LogP contribution in [0.3, 0.4) is 0 Å². The molecule has 1 fully saturated rings. The first-order chi connectivity index (χ1) is 47.9. The van der Waals surface area contributed by atoms with Gasteiger partial charge in [0.05, 0.1) is 37.5 Å². The van der Waals surface area contributed by atoms with Gasteiger partial charge in [0, 0.05) is 68.8 Å². The molecule has 9 heterocycles. The van der Waals surface area contributed by atoms with Crippen LogP contribution in [0.5, 0.6) is 5.88 Å². The maximum atomic E-state index is 14.3. The minimum atomic E-state index is -4.56. The molecule has 4 amide bonds. The van der Waals surface area contributed by atoms with Gasteiger partial charge in [0.15, 0.2) is 69.8 Å². The van der Waals surface area contributed by atoms with Crippen LogP contribution in [0.25, 0.3) is 45.6 Å². The Morgan fingerprint density at radius 1 is 0.490 bits per heavy atom. The van der Waals surface area contributed by atoms with Gasteiger partial charge in [-0.2, -0.15) is 61.5 Å². The molecule has 1 aliphatic heterocycles. The number of methoxy groups -OCH3 is 1. The number of nitrogens with one attached hydrogen (secondary N) is 7. The summed E-state index contributed by atoms with van der Waals surface area (Å²) in [4.78, 5) is 93.8. The highest BCUT2D eigenvalue weighted by atomic mass is 19.4. The molecular formula is C59H66F18N20O5. The predicted octanol–water partition coefficient (Wildman–Crippen LogP) is 10.6. The van der Waals surface area contributed by atoms with Gasteiger partial charge in [0.25, 0.3) is 0 Å². The molecule has 0 saturated carbocycles. The average Bonchev–Trinajstić information content (AvgIpc) is 1.57. The lowest BCUT2D eigenvalue weighted by molar-refractivity contribution is -0.139. The van der Waals surface area contributed by atoms with Crippen molar-refractivity contribution in [2.24, 2.45) is 0 Å². The molecule has 0 bridgehead atoms. The van der Waals surface area contributed by atoms with Gasteiger partial charge in [-0.05, 0) is 76.1 Å². The van der Waals surface area contributed by atoms with Crippen LogP contribution in [0.4, 0.5) is 102 Å². The number of hydrogen-bond acceptors (Lipinski definition) is 21. The van der Waals surface area contributed by atoms with Gasteiger partial charge in [-0.1, -0.05) is 0 Å². The largest absolute Gasteiger partial charge is 0.481 e. The number of nitrogens with zero attached hydrogens (tertiary/aromatic N) is 13. The third-order valence-electron chi connectivity index (χ3n) is 13.0. The van der Waals surface area contributed by atoms with E-state index in [1.54, 1.807) is 51.7 Å². The number of pyridine rings is 4. The monoisotopic (exact) mass is 1480 g/mol. The van der Waals surface area contributed by atoms with E-state index in [9.17, 15) is 98.2 Å². The molecule has 0 radical (unpaired) electrons. The molecule has 8 aromatic rings. The Balaban J connectivity index is 0.00000139. The lowest BCUT2D eigenvalue weighted by Crippen LogP contribution is -2.46. The van der Waals surface area contributed by atoms with Crippen molar-refractivity contribution in [2.45, 2.75) is 82.5 Å². The summed E-state index contributed by atoms with van der Waals surface area (Å²) in [6, 6.07) is 7.17. The molecule has 0 aliphatic carbocycles. The molecule has 0 unspecified atom stereocenters. The van der Waals surface area contributed by atoms with E-state index >= 15 is 0 Å². The second-order valence-corrected chi connectivity index (χ2v) is 20.9. The standard InChI is InChI=1S/C16H14F5N5O.C15H15F4N5O2.C14H12F5N5O.C14H13F4N5O.6H2/c17-10-7-23-13(9-3-1-5-22-12(9)18)25-14(10)26-6-2-4-11(26)15(27)24-8-16(19,20)21;1-8(14(25)22-7-15(17,18)19)23-13-10(16)6-21-12(24-13)9-3-4-11(26-2)20-5-9;1-7(13(25)22-6-14(17,18)19)23-12-9(15)5-21-11(24-12)8-2-3-10(16)20-4-8;1-8(13(24)21-7-14(16,17)18)22-12-10(15)6-20-11(23-12)9-3-2-4-19-5-9;;;;;;/h1,3,5,7,11H,2,4,6,8H2,(H,24,27);3-6,8H,7H2,1-2H3,(H,22,25)(H,21,23,24);2-5,7H,6H2,1H3,(H,22,25)(H,21,23,24);2-6,8H,7H2,1H3,(H,21,24)(H,20,22,23);6*1H/t11-;8-;7-;8-;;;;;;/m1111....../s1. The van der Waals surface area contributed by atoms with Crippen molar-refractivity contribution >= 4 is 46.9 Å². The van der Waals surface area contributed by atoms with Crippen molar-refractivity contribution in [3.8, 4) is 51.4 Å². The van der Waals surface area contributed by atoms with Crippen molar-refractivity contribution in [1.82, 2.24) is 81.1 Å². The Bertz CT molecular complexity index is 4150. The highest BCUT2D eigenvalue weighted by molar-refractivity contribution is 5.86. The van der Waals surface area contributed by atoms with Gasteiger partial charge in [-0.3, -0.25) is 24.2 Å². The zero-order valence-corrected chi connectivity index (χ0v) is 52.7. The molecule has 1 saturated heterocycles. The van der Waals surface area contributed by atoms with Crippen LogP contribution >= 0.6 is 0 Å². The summed E-state index contributed by atoms with van der Waals surface area (Å²) in [5, 5.41) is 14.1. The van der Waals surface area contributed by atoms with Gasteiger partial charge >= 0.3 is 24.7 Å². The molecule has 0 spiro atoms. The van der Waals surface area contributed by atoms with Crippen LogP contribution < -0.4 is 46.9 Å². The Morgan fingerprint density at radius 2 is 0.912 bits per heavy atom. The molecule has 7 N–H and O–H groups in total. The minimum Gasteiger partial charge on any atom is -0.481 e. The third-order valence-corrected chi connectivity index (χ3v) is 13.0. The Morgan fingerprint density at radius 3 is 1.31 bits per heavy atom. The van der Waals surface area contributed by atoms with Crippen LogP contribution in [-0.2, 0) is 19.2 Å². The second kappa shape index (κ2) is 35.5. The van der Waals surface area contributed by atoms with Crippen molar-refractivity contribution in [3.63, 3.8) is 0 Å². The topological polar surface area (TPSA) is 320 Å². The number of rotatable bonds is 20. The summed E-state index contributed by atoms with van der Waals surface area (Å²) in [7, 11) is 1.45. The summed E-state index contributed by atoms with van der Waals surface area (Å²) in [5.41, 5.74) is 1.22. The number of aromatic nitrogens is 12. The van der Waals surface area contributed by atoms with E-state index in [0.717, 1.165) is 37.1 Å². The van der Waals surface area contributed by atoms with E-state index in [0.29, 0.717) is 29.0 Å². The maximum absolute atomic E-state index is 14.3. The zero-order valence-electron chi connectivity index (χ0n) is 52.7. The number of halogens is 18. The highest BCUT2D eigenvalue weighted by Gasteiger charge is 2.37. The highest BCUT2D eigenvalue weighted by Crippen LogP contribution is 2.30. The van der Waals surface area contributed by atoms with Crippen molar-refractivity contribution < 1.29 is 112 Å². The number of hydrogen-bond donors (Lipinski definition) is 7. The third kappa shape index (κ3) is 25.4. The number of amides is 4. The van der Waals surface area contributed by atoms with Crippen LogP contribution in [0.1, 0.15) is 42.2 Å². The van der Waals surface area contributed by atoms with Crippen molar-refractivity contribution in [1.29, 1.82) is 0 Å². The summed E-state index contributed by atoms with van der Waals surface area (Å²) in [6.45, 7) is -1.90. The lowest BCUT2D eigenvalue weighted by Gasteiger charge is -2.25. The SMILES string of the molecule is COc1ccc(-c2ncc(F)c(N[C@H](C)C(=O)NCC(F)(F)F)n2)cn1.C[C@@H](Nc1nc(-c2ccc(F)nc2)ncc1F)C(=O)NCC(F)(F)F.C[C@@H](Nc1nc(-c2cccnc2)ncc1F)C(=O)NCC(F)(F)F.O=C(NCC(F)(F)F)[C@H]1CCCN1c1nc(-c2cccnc2F)ncc1F.[HH].[HH].[HH].[HH].[HH].[HH]. The molecule has 558 valence electrons. The fraction of sp³-hybridized carbons (Fsp3) is 0.322. The normalized spacial score (nSPS) is 13.7. The Labute approximate surface area is 572 Å². The summed E-state index contributed by atoms with van der Waals surface area (Å²) in [6.07, 6.45) is -7.26. The van der Waals surface area contributed by atoms with E-state index in [2.05, 4.69) is 75.8 Å². The van der Waals surface area contributed by atoms with Crippen LogP contribution in [0.15, 0.2) is 104 Å². The number of alkyl halides is 12. The number of carbonyl (C=O) groups is 4. The first-order valence-corrected chi connectivity index (χ1v) is 29.0. The molecule has 8 aromatic heterocycles. The van der Waals surface area contributed by atoms with E-state index < -0.39 is 134 Å². The molecular weight excluding hydrogens is 1410 g/mol.